The quantitative estimate of drug-likeness (QED) is 0.127. The maximum absolute atomic E-state index is 15.1. The number of amides is 2. The number of aliphatic hydroxyl groups excluding tert-OH is 1. The molecule has 10 heteroatoms. The lowest BCUT2D eigenvalue weighted by molar-refractivity contribution is -0.150. The van der Waals surface area contributed by atoms with E-state index < -0.39 is 19.8 Å². The highest BCUT2D eigenvalue weighted by atomic mass is 127. The van der Waals surface area contributed by atoms with Gasteiger partial charge in [0.05, 0.1) is 46.5 Å². The molecule has 4 aromatic carbocycles. The van der Waals surface area contributed by atoms with Gasteiger partial charge in [0.2, 0.25) is 5.91 Å². The standard InChI is InChI=1S/C39H42BrIN2O5Si/c1-26-37(49(3,4)32-16-14-31(47-2)15-17-32)35(23-36(45)42(19-20-44)24-27-9-6-5-7-10-27)48-39(26)33-22-29(40)13-18-34(33)43(38(39)46)25-28-11-8-12-30(41)21-28/h5-18,21-22,26,35,37,44H,19-20,23-25H2,1-4H3/t26-,35+,37-,39+/m1/s1. The van der Waals surface area contributed by atoms with Gasteiger partial charge in [-0.2, -0.15) is 0 Å². The van der Waals surface area contributed by atoms with Crippen molar-refractivity contribution >= 4 is 69.3 Å². The molecule has 0 aliphatic carbocycles. The van der Waals surface area contributed by atoms with Crippen molar-refractivity contribution in [3.8, 4) is 5.75 Å². The van der Waals surface area contributed by atoms with Crippen molar-refractivity contribution in [3.63, 3.8) is 0 Å². The minimum Gasteiger partial charge on any atom is -0.497 e. The smallest absolute Gasteiger partial charge is 0.264 e. The van der Waals surface area contributed by atoms with Crippen LogP contribution in [0.2, 0.25) is 18.6 Å². The van der Waals surface area contributed by atoms with E-state index in [0.29, 0.717) is 13.1 Å². The van der Waals surface area contributed by atoms with Crippen molar-refractivity contribution < 1.29 is 24.2 Å². The Morgan fingerprint density at radius 2 is 1.73 bits per heavy atom. The minimum absolute atomic E-state index is 0.0917. The predicted octanol–water partition coefficient (Wildman–Crippen LogP) is 7.24. The number of ether oxygens (including phenoxy) is 2. The molecule has 1 saturated heterocycles. The zero-order valence-corrected chi connectivity index (χ0v) is 33.0. The molecule has 0 radical (unpaired) electrons. The third-order valence-corrected chi connectivity index (χ3v) is 15.9. The number of hydrogen-bond donors (Lipinski definition) is 1. The Hall–Kier alpha value is -3.03. The number of benzene rings is 4. The highest BCUT2D eigenvalue weighted by molar-refractivity contribution is 14.1. The number of fused-ring (bicyclic) bond motifs is 2. The molecule has 1 N–H and O–H groups in total. The molecule has 2 aliphatic rings. The van der Waals surface area contributed by atoms with Crippen LogP contribution in [0.25, 0.3) is 0 Å². The second-order valence-corrected chi connectivity index (χ2v) is 20.4. The van der Waals surface area contributed by atoms with Crippen LogP contribution in [-0.4, -0.2) is 56.3 Å². The largest absolute Gasteiger partial charge is 0.497 e. The van der Waals surface area contributed by atoms with E-state index in [1.807, 2.05) is 83.8 Å². The summed E-state index contributed by atoms with van der Waals surface area (Å²) in [6.07, 6.45) is -0.430. The normalized spacial score (nSPS) is 21.7. The summed E-state index contributed by atoms with van der Waals surface area (Å²) in [6, 6.07) is 32.2. The SMILES string of the molecule is COc1ccc([Si](C)(C)[C@H]2[C@H](CC(=O)N(CCO)Cc3ccccc3)O[C@@]3(C(=O)N(Cc4cccc(I)c4)c4ccc(Br)cc43)[C@@H]2C)cc1. The summed E-state index contributed by atoms with van der Waals surface area (Å²) in [7, 11) is -0.789. The van der Waals surface area contributed by atoms with Crippen molar-refractivity contribution in [1.82, 2.24) is 4.90 Å². The summed E-state index contributed by atoms with van der Waals surface area (Å²) in [5.74, 6) is 0.343. The zero-order valence-electron chi connectivity index (χ0n) is 28.2. The maximum atomic E-state index is 15.1. The molecule has 2 amide bonds. The number of halogens is 2. The Morgan fingerprint density at radius 1 is 1.02 bits per heavy atom. The van der Waals surface area contributed by atoms with E-state index in [0.717, 1.165) is 36.2 Å². The number of hydrogen-bond acceptors (Lipinski definition) is 5. The van der Waals surface area contributed by atoms with Gasteiger partial charge in [-0.25, -0.2) is 0 Å². The molecule has 2 heterocycles. The molecular formula is C39H42BrIN2O5Si. The summed E-state index contributed by atoms with van der Waals surface area (Å²) in [5, 5.41) is 11.2. The van der Waals surface area contributed by atoms with Crippen LogP contribution >= 0.6 is 38.5 Å². The molecule has 6 rings (SSSR count). The van der Waals surface area contributed by atoms with Gasteiger partial charge in [-0.3, -0.25) is 9.59 Å². The summed E-state index contributed by atoms with van der Waals surface area (Å²) in [5.41, 5.74) is 2.33. The van der Waals surface area contributed by atoms with Crippen LogP contribution in [0.15, 0.2) is 102 Å². The molecule has 2 aliphatic heterocycles. The van der Waals surface area contributed by atoms with E-state index in [9.17, 15) is 9.90 Å². The van der Waals surface area contributed by atoms with Crippen LogP contribution in [0, 0.1) is 9.49 Å². The Bertz CT molecular complexity index is 1820. The number of aliphatic hydroxyl groups is 1. The van der Waals surface area contributed by atoms with E-state index in [-0.39, 0.29) is 42.8 Å². The number of carbonyl (C=O) groups excluding carboxylic acids is 2. The van der Waals surface area contributed by atoms with E-state index in [1.54, 1.807) is 12.0 Å². The number of rotatable bonds is 11. The molecule has 49 heavy (non-hydrogen) atoms. The molecule has 0 bridgehead atoms. The third-order valence-electron chi connectivity index (χ3n) is 10.3. The Labute approximate surface area is 311 Å². The van der Waals surface area contributed by atoms with Crippen molar-refractivity contribution in [2.75, 3.05) is 25.2 Å². The first-order chi connectivity index (χ1) is 23.5. The lowest BCUT2D eigenvalue weighted by Gasteiger charge is -2.37. The highest BCUT2D eigenvalue weighted by Gasteiger charge is 2.66. The number of methoxy groups -OCH3 is 1. The van der Waals surface area contributed by atoms with Crippen LogP contribution < -0.4 is 14.8 Å². The number of anilines is 1. The fourth-order valence-electron chi connectivity index (χ4n) is 7.98. The van der Waals surface area contributed by atoms with E-state index in [4.69, 9.17) is 9.47 Å². The molecule has 1 spiro atoms. The van der Waals surface area contributed by atoms with E-state index in [1.165, 1.54) is 5.19 Å². The van der Waals surface area contributed by atoms with E-state index >= 15 is 4.79 Å². The molecule has 4 atom stereocenters. The first-order valence-corrected chi connectivity index (χ1v) is 21.6. The second-order valence-electron chi connectivity index (χ2n) is 13.6. The van der Waals surface area contributed by atoms with Gasteiger partial charge >= 0.3 is 0 Å². The molecular weight excluding hydrogens is 811 g/mol. The van der Waals surface area contributed by atoms with Gasteiger partial charge in [0, 0.05) is 32.6 Å². The lowest BCUT2D eigenvalue weighted by Crippen LogP contribution is -2.52. The van der Waals surface area contributed by atoms with Crippen LogP contribution in [0.1, 0.15) is 30.0 Å². The van der Waals surface area contributed by atoms with Crippen molar-refractivity contribution in [2.24, 2.45) is 5.92 Å². The van der Waals surface area contributed by atoms with Crippen molar-refractivity contribution in [3.05, 3.63) is 122 Å². The van der Waals surface area contributed by atoms with Gasteiger partial charge in [0.25, 0.3) is 5.91 Å². The van der Waals surface area contributed by atoms with Gasteiger partial charge in [-0.15, -0.1) is 0 Å². The lowest BCUT2D eigenvalue weighted by atomic mass is 9.82. The summed E-state index contributed by atoms with van der Waals surface area (Å²) < 4.78 is 14.7. The summed E-state index contributed by atoms with van der Waals surface area (Å²) in [6.45, 7) is 7.64. The molecule has 0 unspecified atom stereocenters. The van der Waals surface area contributed by atoms with Gasteiger partial charge in [-0.05, 0) is 81.7 Å². The zero-order chi connectivity index (χ0) is 34.9. The van der Waals surface area contributed by atoms with E-state index in [2.05, 4.69) is 76.7 Å². The third kappa shape index (κ3) is 6.86. The Balaban J connectivity index is 1.43. The second kappa shape index (κ2) is 14.7. The maximum Gasteiger partial charge on any atom is 0.264 e. The first kappa shape index (κ1) is 35.8. The van der Waals surface area contributed by atoms with Crippen LogP contribution in [0.5, 0.6) is 5.75 Å². The monoisotopic (exact) mass is 852 g/mol. The molecule has 4 aromatic rings. The molecule has 256 valence electrons. The van der Waals surface area contributed by atoms with Crippen LogP contribution in [0.3, 0.4) is 0 Å². The fourth-order valence-corrected chi connectivity index (χ4v) is 13.0. The minimum atomic E-state index is -2.45. The van der Waals surface area contributed by atoms with Gasteiger partial charge < -0.3 is 24.4 Å². The summed E-state index contributed by atoms with van der Waals surface area (Å²) >= 11 is 5.99. The topological polar surface area (TPSA) is 79.3 Å². The van der Waals surface area contributed by atoms with Crippen LogP contribution in [-0.2, 0) is 33.0 Å². The highest BCUT2D eigenvalue weighted by Crippen LogP contribution is 2.60. The number of nitrogens with zero attached hydrogens (tertiary/aromatic N) is 2. The summed E-state index contributed by atoms with van der Waals surface area (Å²) in [4.78, 5) is 32.9. The van der Waals surface area contributed by atoms with Gasteiger partial charge in [0.15, 0.2) is 5.60 Å². The molecule has 1 fully saturated rings. The number of carbonyl (C=O) groups is 2. The first-order valence-electron chi connectivity index (χ1n) is 16.6. The average Bonchev–Trinajstić information content (AvgIpc) is 3.51. The molecule has 0 aromatic heterocycles. The predicted molar refractivity (Wildman–Crippen MR) is 208 cm³/mol. The van der Waals surface area contributed by atoms with Crippen molar-refractivity contribution in [2.45, 2.75) is 56.8 Å². The Kier molecular flexibility index (Phi) is 10.7. The van der Waals surface area contributed by atoms with Gasteiger partial charge in [0.1, 0.15) is 5.75 Å². The molecule has 7 nitrogen and oxygen atoms in total. The van der Waals surface area contributed by atoms with Gasteiger partial charge in [-0.1, -0.05) is 95.7 Å². The average molecular weight is 854 g/mol. The fraction of sp³-hybridized carbons (Fsp3) is 0.333. The molecule has 0 saturated carbocycles. The Morgan fingerprint density at radius 3 is 2.41 bits per heavy atom. The van der Waals surface area contributed by atoms with Crippen molar-refractivity contribution in [1.29, 1.82) is 0 Å². The van der Waals surface area contributed by atoms with Crippen LogP contribution in [0.4, 0.5) is 5.69 Å².